The van der Waals surface area contributed by atoms with Crippen molar-refractivity contribution in [3.63, 3.8) is 0 Å². The summed E-state index contributed by atoms with van der Waals surface area (Å²) in [4.78, 5) is 17.0. The number of nitrogens with zero attached hydrogens (tertiary/aromatic N) is 16. The summed E-state index contributed by atoms with van der Waals surface area (Å²) in [5, 5.41) is 94.8. The van der Waals surface area contributed by atoms with Gasteiger partial charge in [-0.05, 0) is 50.4 Å². The number of hydrogen-bond donors (Lipinski definition) is 4. The molecule has 0 bridgehead atoms. The molecule has 0 unspecified atom stereocenters. The first-order valence-corrected chi connectivity index (χ1v) is 14.3. The van der Waals surface area contributed by atoms with Gasteiger partial charge >= 0.3 is 68.3 Å². The Kier molecular flexibility index (Phi) is 102. The molecule has 0 saturated heterocycles. The van der Waals surface area contributed by atoms with Crippen molar-refractivity contribution in [2.45, 2.75) is 26.4 Å². The molecule has 0 aromatic carbocycles. The third-order valence-corrected chi connectivity index (χ3v) is 4.81. The quantitative estimate of drug-likeness (QED) is 0.0545. The van der Waals surface area contributed by atoms with E-state index in [0.29, 0.717) is 62.0 Å². The summed E-state index contributed by atoms with van der Waals surface area (Å²) in [7, 11) is 0. The molecule has 56 heavy (non-hydrogen) atoms. The zero-order valence-corrected chi connectivity index (χ0v) is 34.4. The number of pyridine rings is 2. The van der Waals surface area contributed by atoms with Crippen molar-refractivity contribution in [3.05, 3.63) is 123 Å². The molecular weight excluding hydrogens is 916 g/mol. The fourth-order valence-corrected chi connectivity index (χ4v) is 2.87. The summed E-state index contributed by atoms with van der Waals surface area (Å²) >= 11 is 0. The largest absolute Gasteiger partial charge is 3.00 e. The van der Waals surface area contributed by atoms with Crippen LogP contribution in [0.4, 0.5) is 0 Å². The number of rotatable bonds is 16. The fraction of sp³-hybridized carbons (Fsp3) is 0.615. The maximum Gasteiger partial charge on any atom is 3.00 e. The topological polar surface area (TPSA) is 486 Å². The van der Waals surface area contributed by atoms with Crippen LogP contribution in [0, 0.1) is 0 Å². The van der Waals surface area contributed by atoms with E-state index in [9.17, 15) is 30.6 Å². The maximum absolute atomic E-state index is 10.3. The van der Waals surface area contributed by atoms with Crippen LogP contribution in [0.15, 0.2) is 36.4 Å². The first kappa shape index (κ1) is 77.6. The van der Waals surface area contributed by atoms with Crippen LogP contribution < -0.4 is 30.6 Å². The zero-order chi connectivity index (χ0) is 41.3. The number of aromatic nitrogens is 2. The van der Waals surface area contributed by atoms with Crippen molar-refractivity contribution in [1.82, 2.24) is 19.8 Å². The van der Waals surface area contributed by atoms with E-state index in [1.54, 1.807) is 46.2 Å². The van der Waals surface area contributed by atoms with Gasteiger partial charge in [-0.15, -0.1) is 26.4 Å². The van der Waals surface area contributed by atoms with E-state index in [4.69, 9.17) is 64.7 Å². The molecule has 2 rings (SSSR count). The predicted octanol–water partition coefficient (Wildman–Crippen LogP) is -3.67. The molecule has 2 radical (unpaired) electrons. The molecule has 0 aliphatic carbocycles. The van der Waals surface area contributed by atoms with Crippen LogP contribution in [0.5, 0.6) is 0 Å². The van der Waals surface area contributed by atoms with Gasteiger partial charge in [-0.3, -0.25) is 29.6 Å². The van der Waals surface area contributed by atoms with Gasteiger partial charge in [-0.1, -0.05) is 25.3 Å². The molecule has 2 heterocycles. The van der Waals surface area contributed by atoms with E-state index >= 15 is 0 Å². The van der Waals surface area contributed by atoms with Crippen molar-refractivity contribution >= 4 is 0 Å². The minimum Gasteiger partial charge on any atom is -0.854 e. The molecule has 4 N–H and O–H groups in total. The normalized spacial score (nSPS) is 7.93. The Bertz CT molecular complexity index is 1010. The summed E-state index contributed by atoms with van der Waals surface area (Å²) in [6, 6.07) is 10.1. The van der Waals surface area contributed by atoms with Gasteiger partial charge in [0.15, 0.2) is 0 Å². The van der Waals surface area contributed by atoms with Crippen molar-refractivity contribution in [3.8, 4) is 0 Å². The van der Waals surface area contributed by atoms with E-state index in [2.05, 4.69) is 9.97 Å². The summed E-state index contributed by atoms with van der Waals surface area (Å²) in [5.41, 5.74) is 56.1. The Balaban J connectivity index is -0.0000000562. The minimum atomic E-state index is -0.326. The molecule has 0 spiro atoms. The maximum atomic E-state index is 10.3. The fourth-order valence-electron chi connectivity index (χ4n) is 2.87. The van der Waals surface area contributed by atoms with E-state index in [1.807, 2.05) is 0 Å². The van der Waals surface area contributed by atoms with Crippen LogP contribution >= 0.6 is 0 Å². The van der Waals surface area contributed by atoms with Gasteiger partial charge in [0.05, 0.1) is 37.8 Å². The van der Waals surface area contributed by atoms with Crippen LogP contribution in [-0.4, -0.2) is 119 Å². The van der Waals surface area contributed by atoms with Gasteiger partial charge in [0, 0.05) is 24.5 Å². The van der Waals surface area contributed by atoms with E-state index in [1.165, 1.54) is 19.6 Å². The summed E-state index contributed by atoms with van der Waals surface area (Å²) in [6.45, 7) is 0.662. The average Bonchev–Trinajstić information content (AvgIpc) is 3.14. The van der Waals surface area contributed by atoms with Crippen LogP contribution in [-0.2, 0) is 94.7 Å². The Hall–Kier alpha value is -2.86. The van der Waals surface area contributed by atoms with Crippen molar-refractivity contribution in [1.29, 1.82) is 0 Å². The predicted molar refractivity (Wildman–Crippen MR) is 175 cm³/mol. The van der Waals surface area contributed by atoms with Gasteiger partial charge in [0.2, 0.25) is 0 Å². The number of aliphatic hydroxyl groups is 4. The molecular formula is C26H42Mn4N16O10. The Morgan fingerprint density at radius 3 is 0.821 bits per heavy atom. The molecule has 26 nitrogen and oxygen atoms in total. The monoisotopic (exact) mass is 958 g/mol. The third-order valence-electron chi connectivity index (χ3n) is 4.81. The van der Waals surface area contributed by atoms with E-state index in [0.717, 1.165) is 0 Å². The average molecular weight is 958 g/mol. The zero-order valence-electron chi connectivity index (χ0n) is 29.7. The molecule has 0 aliphatic rings. The summed E-state index contributed by atoms with van der Waals surface area (Å²) in [5.74, 6) is 0. The molecule has 0 amide bonds. The van der Waals surface area contributed by atoms with Crippen LogP contribution in [0.2, 0.25) is 0 Å². The second-order valence-electron chi connectivity index (χ2n) is 8.15. The second-order valence-corrected chi connectivity index (χ2v) is 8.15. The summed E-state index contributed by atoms with van der Waals surface area (Å²) < 4.78 is 0. The van der Waals surface area contributed by atoms with Gasteiger partial charge in [0.1, 0.15) is 0 Å². The smallest absolute Gasteiger partial charge is 0.854 e. The standard InChI is InChI=1S/2C7H8NO2.2C6H13NO3.4Mn.4N3/c2*9-4-6-2-1-3-7(5-10)8-6;2*8-4-1-7(2-5-9)3-6-10;;;;;4*1-3-2/h2*1-3,9H,4-5H2;2*8H,1-6H2;;;;;;;;/q2*-1;2*-2;2*+2;2*+3;4*-1. The second kappa shape index (κ2) is 73.3. The Labute approximate surface area is 365 Å². The van der Waals surface area contributed by atoms with Crippen molar-refractivity contribution < 1.29 is 119 Å². The Morgan fingerprint density at radius 1 is 0.446 bits per heavy atom. The molecule has 0 atom stereocenters. The Morgan fingerprint density at radius 2 is 0.661 bits per heavy atom. The number of aliphatic hydroxyl groups excluding tert-OH is 4. The van der Waals surface area contributed by atoms with E-state index in [-0.39, 0.29) is 134 Å². The van der Waals surface area contributed by atoms with Gasteiger partial charge in [-0.25, -0.2) is 0 Å². The number of hydrogen-bond acceptors (Lipinski definition) is 14. The minimum absolute atomic E-state index is 0. The van der Waals surface area contributed by atoms with Crippen LogP contribution in [0.3, 0.4) is 0 Å². The summed E-state index contributed by atoms with van der Waals surface area (Å²) in [6.07, 6.45) is 0. The third kappa shape index (κ3) is 69.1. The SMILES string of the molecule is [Mn+2].[Mn+2].[Mn+3].[Mn+3].[N-]=[N+]=[N-].[N-]=[N+]=[N-].[N-]=[N+]=[N-].[N-]=[N+]=[N-].[O-]CCN(CC[O-])CCO.[O-]CCN(CC[O-])CCO.[O-]Cc1cccc(CO)n1.[O-]Cc1cccc(CO)n1. The molecule has 0 fully saturated rings. The van der Waals surface area contributed by atoms with Gasteiger partial charge < -0.3 is 105 Å². The molecule has 0 saturated carbocycles. The molecule has 314 valence electrons. The van der Waals surface area contributed by atoms with Crippen molar-refractivity contribution in [2.75, 3.05) is 78.9 Å². The molecule has 0 aliphatic heterocycles. The van der Waals surface area contributed by atoms with Crippen LogP contribution in [0.1, 0.15) is 22.8 Å². The van der Waals surface area contributed by atoms with Gasteiger partial charge in [-0.2, -0.15) is 0 Å². The van der Waals surface area contributed by atoms with Crippen LogP contribution in [0.25, 0.3) is 63.9 Å². The first-order chi connectivity index (χ1) is 25.1. The van der Waals surface area contributed by atoms with Crippen molar-refractivity contribution in [2.24, 2.45) is 0 Å². The molecule has 2 aromatic heterocycles. The molecule has 2 aromatic rings. The van der Waals surface area contributed by atoms with Gasteiger partial charge in [0.25, 0.3) is 0 Å². The molecule has 30 heteroatoms. The first-order valence-electron chi connectivity index (χ1n) is 14.3. The van der Waals surface area contributed by atoms with E-state index < -0.39 is 0 Å².